The third-order valence-electron chi connectivity index (χ3n) is 4.34. The molecule has 0 aliphatic carbocycles. The molecule has 1 aromatic carbocycles. The Bertz CT molecular complexity index is 744. The van der Waals surface area contributed by atoms with E-state index in [2.05, 4.69) is 32.5 Å². The highest BCUT2D eigenvalue weighted by atomic mass is 16.1. The number of hydrogen-bond donors (Lipinski definition) is 2. The van der Waals surface area contributed by atoms with E-state index in [9.17, 15) is 4.79 Å². The van der Waals surface area contributed by atoms with Crippen LogP contribution < -0.4 is 5.32 Å². The van der Waals surface area contributed by atoms with Crippen molar-refractivity contribution in [3.8, 4) is 6.07 Å². The summed E-state index contributed by atoms with van der Waals surface area (Å²) in [5.74, 6) is 0.383. The molecule has 24 heavy (non-hydrogen) atoms. The monoisotopic (exact) mass is 323 g/mol. The van der Waals surface area contributed by atoms with Crippen molar-refractivity contribution in [1.29, 1.82) is 5.26 Å². The van der Waals surface area contributed by atoms with E-state index >= 15 is 0 Å². The number of nitrogens with zero attached hydrogens (tertiary/aromatic N) is 3. The quantitative estimate of drug-likeness (QED) is 0.879. The lowest BCUT2D eigenvalue weighted by Gasteiger charge is -2.15. The molecule has 2 N–H and O–H groups in total. The highest BCUT2D eigenvalue weighted by Crippen LogP contribution is 2.18. The fourth-order valence-electron chi connectivity index (χ4n) is 3.04. The smallest absolute Gasteiger partial charge is 0.251 e. The molecule has 1 aromatic heterocycles. The van der Waals surface area contributed by atoms with E-state index in [-0.39, 0.29) is 5.91 Å². The number of likely N-dealkylation sites (tertiary alicyclic amines) is 1. The molecular weight excluding hydrogens is 302 g/mol. The third kappa shape index (κ3) is 4.00. The summed E-state index contributed by atoms with van der Waals surface area (Å²) in [6, 6.07) is 10.8. The van der Waals surface area contributed by atoms with Crippen LogP contribution in [0.3, 0.4) is 0 Å². The summed E-state index contributed by atoms with van der Waals surface area (Å²) < 4.78 is 0. The zero-order valence-corrected chi connectivity index (χ0v) is 13.7. The average molecular weight is 323 g/mol. The summed E-state index contributed by atoms with van der Waals surface area (Å²) in [6.07, 6.45) is 1.08. The number of carbonyl (C=O) groups is 1. The number of aromatic nitrogens is 2. The fourth-order valence-corrected chi connectivity index (χ4v) is 3.04. The molecule has 2 heterocycles. The largest absolute Gasteiger partial charge is 0.352 e. The molecule has 0 bridgehead atoms. The lowest BCUT2D eigenvalue weighted by Crippen LogP contribution is -2.31. The van der Waals surface area contributed by atoms with Crippen LogP contribution in [-0.2, 0) is 6.54 Å². The van der Waals surface area contributed by atoms with Crippen molar-refractivity contribution >= 4 is 5.91 Å². The average Bonchev–Trinajstić information content (AvgIpc) is 3.22. The molecule has 1 saturated heterocycles. The van der Waals surface area contributed by atoms with Crippen LogP contribution in [0, 0.1) is 24.2 Å². The molecule has 1 aliphatic heterocycles. The summed E-state index contributed by atoms with van der Waals surface area (Å²) in [5.41, 5.74) is 3.30. The molecule has 124 valence electrons. The third-order valence-corrected chi connectivity index (χ3v) is 4.34. The predicted molar refractivity (Wildman–Crippen MR) is 90.2 cm³/mol. The van der Waals surface area contributed by atoms with Crippen molar-refractivity contribution in [2.45, 2.75) is 19.9 Å². The second-order valence-electron chi connectivity index (χ2n) is 6.33. The number of nitriles is 1. The van der Waals surface area contributed by atoms with Crippen molar-refractivity contribution in [3.63, 3.8) is 0 Å². The predicted octanol–water partition coefficient (Wildman–Crippen LogP) is 1.84. The molecule has 1 aliphatic rings. The lowest BCUT2D eigenvalue weighted by molar-refractivity contribution is 0.0947. The number of benzene rings is 1. The number of aryl methyl sites for hydroxylation is 1. The number of rotatable bonds is 5. The SMILES string of the molecule is Cc1cc(CN2CC[C@@H](CNC(=O)c3ccc(C#N)cc3)C2)n[nH]1. The van der Waals surface area contributed by atoms with Gasteiger partial charge in [-0.1, -0.05) is 0 Å². The zero-order chi connectivity index (χ0) is 16.9. The van der Waals surface area contributed by atoms with Crippen LogP contribution >= 0.6 is 0 Å². The maximum Gasteiger partial charge on any atom is 0.251 e. The summed E-state index contributed by atoms with van der Waals surface area (Å²) in [4.78, 5) is 14.5. The van der Waals surface area contributed by atoms with E-state index in [0.717, 1.165) is 37.4 Å². The van der Waals surface area contributed by atoms with Crippen LogP contribution in [0.1, 0.15) is 33.7 Å². The van der Waals surface area contributed by atoms with E-state index in [0.29, 0.717) is 23.6 Å². The van der Waals surface area contributed by atoms with Crippen LogP contribution in [0.5, 0.6) is 0 Å². The minimum atomic E-state index is -0.0825. The molecule has 0 radical (unpaired) electrons. The van der Waals surface area contributed by atoms with Crippen LogP contribution in [0.2, 0.25) is 0 Å². The second kappa shape index (κ2) is 7.28. The summed E-state index contributed by atoms with van der Waals surface area (Å²) in [7, 11) is 0. The van der Waals surface area contributed by atoms with Crippen LogP contribution in [-0.4, -0.2) is 40.6 Å². The Hall–Kier alpha value is -2.65. The summed E-state index contributed by atoms with van der Waals surface area (Å²) in [6.45, 7) is 5.53. The molecular formula is C18H21N5O. The van der Waals surface area contributed by atoms with Crippen molar-refractivity contribution in [1.82, 2.24) is 20.4 Å². The first-order chi connectivity index (χ1) is 11.6. The summed E-state index contributed by atoms with van der Waals surface area (Å²) in [5, 5.41) is 19.0. The maximum absolute atomic E-state index is 12.2. The number of carbonyl (C=O) groups excluding carboxylic acids is 1. The first-order valence-corrected chi connectivity index (χ1v) is 8.15. The van der Waals surface area contributed by atoms with Gasteiger partial charge in [0, 0.05) is 30.9 Å². The molecule has 3 rings (SSSR count). The molecule has 2 aromatic rings. The van der Waals surface area contributed by atoms with Gasteiger partial charge in [-0.15, -0.1) is 0 Å². The van der Waals surface area contributed by atoms with Crippen LogP contribution in [0.25, 0.3) is 0 Å². The van der Waals surface area contributed by atoms with E-state index < -0.39 is 0 Å². The van der Waals surface area contributed by atoms with Crippen molar-refractivity contribution < 1.29 is 4.79 Å². The first-order valence-electron chi connectivity index (χ1n) is 8.15. The lowest BCUT2D eigenvalue weighted by atomic mass is 10.1. The zero-order valence-electron chi connectivity index (χ0n) is 13.7. The van der Waals surface area contributed by atoms with Gasteiger partial charge in [0.1, 0.15) is 0 Å². The Morgan fingerprint density at radius 2 is 2.25 bits per heavy atom. The second-order valence-corrected chi connectivity index (χ2v) is 6.33. The van der Waals surface area contributed by atoms with Gasteiger partial charge in [0.05, 0.1) is 17.3 Å². The minimum absolute atomic E-state index is 0.0825. The molecule has 0 spiro atoms. The van der Waals surface area contributed by atoms with Gasteiger partial charge in [-0.25, -0.2) is 0 Å². The fraction of sp³-hybridized carbons (Fsp3) is 0.389. The normalized spacial score (nSPS) is 17.6. The van der Waals surface area contributed by atoms with Gasteiger partial charge >= 0.3 is 0 Å². The number of amides is 1. The van der Waals surface area contributed by atoms with Gasteiger partial charge < -0.3 is 5.32 Å². The van der Waals surface area contributed by atoms with E-state index in [4.69, 9.17) is 5.26 Å². The molecule has 1 atom stereocenters. The Kier molecular flexibility index (Phi) is 4.92. The van der Waals surface area contributed by atoms with Gasteiger partial charge in [-0.05, 0) is 56.1 Å². The van der Waals surface area contributed by atoms with E-state index in [1.165, 1.54) is 0 Å². The number of aromatic amines is 1. The number of H-pyrrole nitrogens is 1. The molecule has 1 fully saturated rings. The van der Waals surface area contributed by atoms with Gasteiger partial charge in [-0.3, -0.25) is 14.8 Å². The Balaban J connectivity index is 1.45. The molecule has 0 saturated carbocycles. The van der Waals surface area contributed by atoms with Crippen molar-refractivity contribution in [3.05, 3.63) is 52.8 Å². The molecule has 6 nitrogen and oxygen atoms in total. The van der Waals surface area contributed by atoms with Crippen LogP contribution in [0.4, 0.5) is 0 Å². The van der Waals surface area contributed by atoms with Gasteiger partial charge in [0.15, 0.2) is 0 Å². The molecule has 6 heteroatoms. The molecule has 0 unspecified atom stereocenters. The Morgan fingerprint density at radius 3 is 2.92 bits per heavy atom. The Morgan fingerprint density at radius 1 is 1.46 bits per heavy atom. The van der Waals surface area contributed by atoms with E-state index in [1.54, 1.807) is 24.3 Å². The topological polar surface area (TPSA) is 84.8 Å². The van der Waals surface area contributed by atoms with Gasteiger partial charge in [0.2, 0.25) is 0 Å². The molecule has 1 amide bonds. The van der Waals surface area contributed by atoms with Crippen molar-refractivity contribution in [2.24, 2.45) is 5.92 Å². The summed E-state index contributed by atoms with van der Waals surface area (Å²) >= 11 is 0. The standard InChI is InChI=1S/C18H21N5O/c1-13-8-17(22-21-13)12-23-7-6-15(11-23)10-20-18(24)16-4-2-14(9-19)3-5-16/h2-5,8,15H,6-7,10-12H2,1H3,(H,20,24)(H,21,22)/t15-/m0/s1. The highest BCUT2D eigenvalue weighted by Gasteiger charge is 2.23. The first kappa shape index (κ1) is 16.2. The van der Waals surface area contributed by atoms with E-state index in [1.807, 2.05) is 6.92 Å². The van der Waals surface area contributed by atoms with Crippen LogP contribution in [0.15, 0.2) is 30.3 Å². The highest BCUT2D eigenvalue weighted by molar-refractivity contribution is 5.94. The number of nitrogens with one attached hydrogen (secondary N) is 2. The van der Waals surface area contributed by atoms with Gasteiger partial charge in [-0.2, -0.15) is 10.4 Å². The minimum Gasteiger partial charge on any atom is -0.352 e. The maximum atomic E-state index is 12.2. The van der Waals surface area contributed by atoms with Gasteiger partial charge in [0.25, 0.3) is 5.91 Å². The Labute approximate surface area is 141 Å². The number of hydrogen-bond acceptors (Lipinski definition) is 4. The van der Waals surface area contributed by atoms with Crippen molar-refractivity contribution in [2.75, 3.05) is 19.6 Å².